The Labute approximate surface area is 165 Å². The molecule has 1 aromatic rings. The number of nitrogens with zero attached hydrogens (tertiary/aromatic N) is 1. The van der Waals surface area contributed by atoms with E-state index >= 15 is 0 Å². The molecule has 154 valence electrons. The van der Waals surface area contributed by atoms with Crippen LogP contribution in [0.4, 0.5) is 5.69 Å². The van der Waals surface area contributed by atoms with Crippen molar-refractivity contribution >= 4 is 27.6 Å². The fourth-order valence-electron chi connectivity index (χ4n) is 3.13. The van der Waals surface area contributed by atoms with E-state index < -0.39 is 22.0 Å². The second-order valence-corrected chi connectivity index (χ2v) is 8.29. The third-order valence-electron chi connectivity index (χ3n) is 4.65. The highest BCUT2D eigenvalue weighted by Crippen LogP contribution is 2.27. The fraction of sp³-hybridized carbons (Fsp3) is 0.474. The maximum absolute atomic E-state index is 13.0. The van der Waals surface area contributed by atoms with E-state index in [-0.39, 0.29) is 16.6 Å². The number of ether oxygens (including phenoxy) is 2. The molecule has 9 heteroatoms. The first kappa shape index (κ1) is 21.9. The molecule has 0 aliphatic carbocycles. The number of methoxy groups -OCH3 is 2. The van der Waals surface area contributed by atoms with Gasteiger partial charge in [0.05, 0.1) is 25.2 Å². The SMILES string of the molecule is CCC1CCCCN1S(=O)(=O)c1ccc(N/C(=C/C(=O)OC)C(=O)OC)cc1. The lowest BCUT2D eigenvalue weighted by Gasteiger charge is -2.34. The van der Waals surface area contributed by atoms with Crippen molar-refractivity contribution in [3.8, 4) is 0 Å². The molecule has 1 N–H and O–H groups in total. The van der Waals surface area contributed by atoms with Crippen LogP contribution >= 0.6 is 0 Å². The zero-order chi connectivity index (χ0) is 20.7. The van der Waals surface area contributed by atoms with Crippen LogP contribution in [0.15, 0.2) is 40.9 Å². The smallest absolute Gasteiger partial charge is 0.354 e. The van der Waals surface area contributed by atoms with E-state index in [0.29, 0.717) is 12.2 Å². The van der Waals surface area contributed by atoms with Gasteiger partial charge in [-0.05, 0) is 43.5 Å². The second-order valence-electron chi connectivity index (χ2n) is 6.40. The number of carbonyl (C=O) groups is 2. The molecule has 0 bridgehead atoms. The summed E-state index contributed by atoms with van der Waals surface area (Å²) in [5.74, 6) is -1.47. The third kappa shape index (κ3) is 5.11. The lowest BCUT2D eigenvalue weighted by atomic mass is 10.0. The Hall–Kier alpha value is -2.39. The molecule has 1 heterocycles. The van der Waals surface area contributed by atoms with Gasteiger partial charge in [0.1, 0.15) is 5.70 Å². The summed E-state index contributed by atoms with van der Waals surface area (Å²) in [6.45, 7) is 2.52. The maximum Gasteiger partial charge on any atom is 0.354 e. The molecule has 8 nitrogen and oxygen atoms in total. The number of benzene rings is 1. The number of esters is 2. The van der Waals surface area contributed by atoms with Gasteiger partial charge in [-0.25, -0.2) is 18.0 Å². The van der Waals surface area contributed by atoms with Crippen LogP contribution in [0, 0.1) is 0 Å². The van der Waals surface area contributed by atoms with Crippen LogP contribution in [0.2, 0.25) is 0 Å². The van der Waals surface area contributed by atoms with Crippen LogP contribution in [0.1, 0.15) is 32.6 Å². The largest absolute Gasteiger partial charge is 0.466 e. The van der Waals surface area contributed by atoms with Crippen LogP contribution in [-0.2, 0) is 29.1 Å². The number of piperidine rings is 1. The van der Waals surface area contributed by atoms with Gasteiger partial charge in [-0.3, -0.25) is 0 Å². The number of anilines is 1. The molecule has 0 spiro atoms. The number of hydrogen-bond acceptors (Lipinski definition) is 7. The van der Waals surface area contributed by atoms with Crippen molar-refractivity contribution in [2.45, 2.75) is 43.5 Å². The van der Waals surface area contributed by atoms with E-state index in [9.17, 15) is 18.0 Å². The van der Waals surface area contributed by atoms with Crippen LogP contribution in [0.5, 0.6) is 0 Å². The third-order valence-corrected chi connectivity index (χ3v) is 6.62. The monoisotopic (exact) mass is 410 g/mol. The minimum Gasteiger partial charge on any atom is -0.466 e. The quantitative estimate of drug-likeness (QED) is 0.543. The molecule has 1 saturated heterocycles. The Morgan fingerprint density at radius 3 is 2.43 bits per heavy atom. The highest BCUT2D eigenvalue weighted by Gasteiger charge is 2.32. The molecule has 1 aliphatic rings. The zero-order valence-electron chi connectivity index (χ0n) is 16.3. The van der Waals surface area contributed by atoms with Gasteiger partial charge in [0.2, 0.25) is 10.0 Å². The molecule has 0 aromatic heterocycles. The van der Waals surface area contributed by atoms with Crippen molar-refractivity contribution in [1.82, 2.24) is 4.31 Å². The van der Waals surface area contributed by atoms with Crippen molar-refractivity contribution in [2.24, 2.45) is 0 Å². The van der Waals surface area contributed by atoms with Gasteiger partial charge in [0.15, 0.2) is 0 Å². The summed E-state index contributed by atoms with van der Waals surface area (Å²) in [5, 5.41) is 2.75. The number of hydrogen-bond donors (Lipinski definition) is 1. The van der Waals surface area contributed by atoms with Crippen molar-refractivity contribution < 1.29 is 27.5 Å². The minimum atomic E-state index is -3.59. The molecule has 0 amide bonds. The van der Waals surface area contributed by atoms with E-state index in [1.54, 1.807) is 4.31 Å². The van der Waals surface area contributed by atoms with Gasteiger partial charge in [0, 0.05) is 18.3 Å². The van der Waals surface area contributed by atoms with E-state index in [4.69, 9.17) is 0 Å². The van der Waals surface area contributed by atoms with Gasteiger partial charge in [0.25, 0.3) is 0 Å². The molecule has 1 fully saturated rings. The maximum atomic E-state index is 13.0. The molecular formula is C19H26N2O6S. The van der Waals surface area contributed by atoms with Crippen molar-refractivity contribution in [3.63, 3.8) is 0 Å². The molecule has 28 heavy (non-hydrogen) atoms. The predicted molar refractivity (Wildman–Crippen MR) is 104 cm³/mol. The number of carbonyl (C=O) groups excluding carboxylic acids is 2. The number of sulfonamides is 1. The Bertz CT molecular complexity index is 832. The molecule has 1 aromatic carbocycles. The average Bonchev–Trinajstić information content (AvgIpc) is 2.72. The number of nitrogens with one attached hydrogen (secondary N) is 1. The lowest BCUT2D eigenvalue weighted by Crippen LogP contribution is -2.43. The summed E-state index contributed by atoms with van der Waals surface area (Å²) in [6, 6.07) is 6.04. The standard InChI is InChI=1S/C19H26N2O6S/c1-4-15-7-5-6-12-21(15)28(24,25)16-10-8-14(9-11-16)20-17(19(23)27-3)13-18(22)26-2/h8-11,13,15,20H,4-7,12H2,1-3H3/b17-13+. The first-order valence-corrected chi connectivity index (χ1v) is 10.5. The first-order valence-electron chi connectivity index (χ1n) is 9.10. The van der Waals surface area contributed by atoms with E-state index in [2.05, 4.69) is 14.8 Å². The molecule has 1 unspecified atom stereocenters. The summed E-state index contributed by atoms with van der Waals surface area (Å²) in [4.78, 5) is 23.4. The van der Waals surface area contributed by atoms with E-state index in [1.165, 1.54) is 38.5 Å². The highest BCUT2D eigenvalue weighted by molar-refractivity contribution is 7.89. The zero-order valence-corrected chi connectivity index (χ0v) is 17.1. The van der Waals surface area contributed by atoms with Crippen LogP contribution in [0.25, 0.3) is 0 Å². The number of rotatable bonds is 7. The van der Waals surface area contributed by atoms with Gasteiger partial charge in [-0.2, -0.15) is 4.31 Å². The molecular weight excluding hydrogens is 384 g/mol. The fourth-order valence-corrected chi connectivity index (χ4v) is 4.90. The van der Waals surface area contributed by atoms with Crippen molar-refractivity contribution in [2.75, 3.05) is 26.1 Å². The summed E-state index contributed by atoms with van der Waals surface area (Å²) in [6.07, 6.45) is 4.51. The normalized spacial score (nSPS) is 18.4. The summed E-state index contributed by atoms with van der Waals surface area (Å²) >= 11 is 0. The van der Waals surface area contributed by atoms with Crippen molar-refractivity contribution in [1.29, 1.82) is 0 Å². The first-order chi connectivity index (χ1) is 13.3. The summed E-state index contributed by atoms with van der Waals surface area (Å²) in [7, 11) is -1.21. The second kappa shape index (κ2) is 9.70. The van der Waals surface area contributed by atoms with E-state index in [0.717, 1.165) is 31.8 Å². The minimum absolute atomic E-state index is 0.0190. The van der Waals surface area contributed by atoms with E-state index in [1.807, 2.05) is 6.92 Å². The van der Waals surface area contributed by atoms with Crippen LogP contribution in [0.3, 0.4) is 0 Å². The van der Waals surface area contributed by atoms with Gasteiger partial charge >= 0.3 is 11.9 Å². The highest BCUT2D eigenvalue weighted by atomic mass is 32.2. The van der Waals surface area contributed by atoms with Crippen LogP contribution in [-0.4, -0.2) is 51.5 Å². The predicted octanol–water partition coefficient (Wildman–Crippen LogP) is 2.28. The Balaban J connectivity index is 2.23. The molecule has 1 atom stereocenters. The average molecular weight is 410 g/mol. The van der Waals surface area contributed by atoms with Crippen LogP contribution < -0.4 is 5.32 Å². The van der Waals surface area contributed by atoms with Gasteiger partial charge < -0.3 is 14.8 Å². The summed E-state index contributed by atoms with van der Waals surface area (Å²) < 4.78 is 36.7. The topological polar surface area (TPSA) is 102 Å². The molecule has 2 rings (SSSR count). The molecule has 0 saturated carbocycles. The molecule has 0 radical (unpaired) electrons. The van der Waals surface area contributed by atoms with Crippen molar-refractivity contribution in [3.05, 3.63) is 36.0 Å². The Morgan fingerprint density at radius 2 is 1.86 bits per heavy atom. The van der Waals surface area contributed by atoms with Gasteiger partial charge in [-0.1, -0.05) is 13.3 Å². The van der Waals surface area contributed by atoms with Gasteiger partial charge in [-0.15, -0.1) is 0 Å². The Morgan fingerprint density at radius 1 is 1.18 bits per heavy atom. The lowest BCUT2D eigenvalue weighted by molar-refractivity contribution is -0.138. The summed E-state index contributed by atoms with van der Waals surface area (Å²) in [5.41, 5.74) is 0.317. The Kier molecular flexibility index (Phi) is 7.59. The molecule has 1 aliphatic heterocycles.